The minimum atomic E-state index is -3.54. The zero-order valence-electron chi connectivity index (χ0n) is 11.5. The van der Waals surface area contributed by atoms with Crippen LogP contribution < -0.4 is 0 Å². The maximum atomic E-state index is 12.9. The summed E-state index contributed by atoms with van der Waals surface area (Å²) < 4.78 is 33.0. The summed E-state index contributed by atoms with van der Waals surface area (Å²) >= 11 is 11.9. The van der Waals surface area contributed by atoms with E-state index in [1.165, 1.54) is 6.07 Å². The highest BCUT2D eigenvalue weighted by molar-refractivity contribution is 7.89. The van der Waals surface area contributed by atoms with Crippen LogP contribution in [0.4, 0.5) is 0 Å². The topological polar surface area (TPSA) is 46.6 Å². The zero-order valence-corrected chi connectivity index (χ0v) is 13.8. The molecule has 116 valence electrons. The summed E-state index contributed by atoms with van der Waals surface area (Å²) in [6, 6.07) is 4.71. The van der Waals surface area contributed by atoms with E-state index >= 15 is 0 Å². The number of sulfonamides is 1. The van der Waals surface area contributed by atoms with Crippen LogP contribution in [0, 0.1) is 0 Å². The summed E-state index contributed by atoms with van der Waals surface area (Å²) in [5, 5.41) is 0.391. The zero-order chi connectivity index (χ0) is 15.0. The van der Waals surface area contributed by atoms with Gasteiger partial charge in [-0.05, 0) is 37.0 Å². The normalized spacial score (nSPS) is 26.8. The maximum absolute atomic E-state index is 12.9. The molecule has 1 saturated heterocycles. The molecular weight excluding hydrogens is 333 g/mol. The Morgan fingerprint density at radius 3 is 2.86 bits per heavy atom. The van der Waals surface area contributed by atoms with Crippen LogP contribution in [0.25, 0.3) is 0 Å². The maximum Gasteiger partial charge on any atom is 0.243 e. The van der Waals surface area contributed by atoms with Gasteiger partial charge in [-0.3, -0.25) is 0 Å². The Kier molecular flexibility index (Phi) is 4.48. The lowest BCUT2D eigenvalue weighted by Gasteiger charge is -2.36. The monoisotopic (exact) mass is 349 g/mol. The van der Waals surface area contributed by atoms with Crippen molar-refractivity contribution in [1.82, 2.24) is 4.31 Å². The lowest BCUT2D eigenvalue weighted by atomic mass is 10.2. The molecule has 0 N–H and O–H groups in total. The van der Waals surface area contributed by atoms with Crippen LogP contribution >= 0.6 is 23.2 Å². The molecule has 1 aliphatic heterocycles. The summed E-state index contributed by atoms with van der Waals surface area (Å²) in [5.41, 5.74) is 0.734. The molecule has 21 heavy (non-hydrogen) atoms. The molecule has 0 bridgehead atoms. The van der Waals surface area contributed by atoms with Gasteiger partial charge in [-0.1, -0.05) is 17.7 Å². The van der Waals surface area contributed by atoms with Gasteiger partial charge in [0.05, 0.1) is 23.6 Å². The lowest BCUT2D eigenvalue weighted by Crippen LogP contribution is -2.51. The highest BCUT2D eigenvalue weighted by atomic mass is 35.5. The van der Waals surface area contributed by atoms with Crippen LogP contribution in [0.5, 0.6) is 0 Å². The molecule has 0 spiro atoms. The van der Waals surface area contributed by atoms with Crippen LogP contribution in [0.2, 0.25) is 5.02 Å². The molecule has 2 aliphatic rings. The fraction of sp³-hybridized carbons (Fsp3) is 0.571. The average molecular weight is 350 g/mol. The summed E-state index contributed by atoms with van der Waals surface area (Å²) in [5.74, 6) is 0.265. The first kappa shape index (κ1) is 15.6. The highest BCUT2D eigenvalue weighted by Crippen LogP contribution is 2.34. The standard InChI is InChI=1S/C14H17Cl2NO3S/c15-9-10-4-5-11(8-12(10)16)21(18,19)17-6-7-20-14-3-1-2-13(14)17/h4-5,8,13-14H,1-3,6-7,9H2. The van der Waals surface area contributed by atoms with Crippen molar-refractivity contribution in [2.45, 2.75) is 42.2 Å². The Morgan fingerprint density at radius 1 is 1.33 bits per heavy atom. The fourth-order valence-corrected chi connectivity index (χ4v) is 5.42. The Bertz CT molecular complexity index is 635. The first-order chi connectivity index (χ1) is 10.0. The SMILES string of the molecule is O=S(=O)(c1ccc(CCl)c(Cl)c1)N1CCOC2CCCC21. The van der Waals surface area contributed by atoms with Crippen molar-refractivity contribution in [3.8, 4) is 0 Å². The summed E-state index contributed by atoms with van der Waals surface area (Å²) in [4.78, 5) is 0.230. The third-order valence-corrected chi connectivity index (χ3v) is 6.77. The predicted octanol–water partition coefficient (Wildman–Crippen LogP) is 3.02. The van der Waals surface area contributed by atoms with Crippen LogP contribution in [0.3, 0.4) is 0 Å². The highest BCUT2D eigenvalue weighted by Gasteiger charge is 2.42. The van der Waals surface area contributed by atoms with E-state index in [0.29, 0.717) is 18.2 Å². The van der Waals surface area contributed by atoms with Crippen molar-refractivity contribution in [2.24, 2.45) is 0 Å². The van der Waals surface area contributed by atoms with Crippen LogP contribution in [0.15, 0.2) is 23.1 Å². The van der Waals surface area contributed by atoms with Crippen molar-refractivity contribution in [3.05, 3.63) is 28.8 Å². The number of morpholine rings is 1. The van der Waals surface area contributed by atoms with E-state index in [-0.39, 0.29) is 22.9 Å². The number of hydrogen-bond acceptors (Lipinski definition) is 3. The minimum Gasteiger partial charge on any atom is -0.375 e. The second-order valence-electron chi connectivity index (χ2n) is 5.41. The average Bonchev–Trinajstić information content (AvgIpc) is 2.95. The number of hydrogen-bond donors (Lipinski definition) is 0. The molecule has 0 radical (unpaired) electrons. The number of benzene rings is 1. The molecule has 7 heteroatoms. The van der Waals surface area contributed by atoms with Gasteiger partial charge in [-0.15, -0.1) is 11.6 Å². The van der Waals surface area contributed by atoms with Crippen molar-refractivity contribution in [3.63, 3.8) is 0 Å². The molecule has 1 aliphatic carbocycles. The minimum absolute atomic E-state index is 0.0334. The second kappa shape index (κ2) is 6.05. The van der Waals surface area contributed by atoms with Gasteiger partial charge >= 0.3 is 0 Å². The Hall–Kier alpha value is -0.330. The van der Waals surface area contributed by atoms with E-state index in [1.807, 2.05) is 0 Å². The largest absolute Gasteiger partial charge is 0.375 e. The van der Waals surface area contributed by atoms with Crippen molar-refractivity contribution >= 4 is 33.2 Å². The Morgan fingerprint density at radius 2 is 2.14 bits per heavy atom. The van der Waals surface area contributed by atoms with E-state index in [0.717, 1.165) is 24.8 Å². The van der Waals surface area contributed by atoms with E-state index in [1.54, 1.807) is 16.4 Å². The lowest BCUT2D eigenvalue weighted by molar-refractivity contribution is -0.0241. The molecule has 2 fully saturated rings. The summed E-state index contributed by atoms with van der Waals surface area (Å²) in [6.07, 6.45) is 2.83. The number of halogens is 2. The van der Waals surface area contributed by atoms with Gasteiger partial charge < -0.3 is 4.74 Å². The van der Waals surface area contributed by atoms with Crippen LogP contribution in [-0.4, -0.2) is 38.0 Å². The van der Waals surface area contributed by atoms with Crippen molar-refractivity contribution in [2.75, 3.05) is 13.2 Å². The molecule has 3 rings (SSSR count). The van der Waals surface area contributed by atoms with E-state index in [9.17, 15) is 8.42 Å². The van der Waals surface area contributed by atoms with E-state index < -0.39 is 10.0 Å². The fourth-order valence-electron chi connectivity index (χ4n) is 3.12. The molecule has 2 unspecified atom stereocenters. The van der Waals surface area contributed by atoms with Gasteiger partial charge in [0, 0.05) is 17.4 Å². The number of fused-ring (bicyclic) bond motifs is 1. The van der Waals surface area contributed by atoms with Gasteiger partial charge in [0.1, 0.15) is 0 Å². The van der Waals surface area contributed by atoms with Gasteiger partial charge in [-0.25, -0.2) is 8.42 Å². The molecule has 1 heterocycles. The Labute approximate surface area is 135 Å². The predicted molar refractivity (Wildman–Crippen MR) is 82.3 cm³/mol. The Balaban J connectivity index is 1.94. The third kappa shape index (κ3) is 2.82. The molecule has 2 atom stereocenters. The van der Waals surface area contributed by atoms with E-state index in [4.69, 9.17) is 27.9 Å². The van der Waals surface area contributed by atoms with Crippen LogP contribution in [0.1, 0.15) is 24.8 Å². The number of rotatable bonds is 3. The molecular formula is C14H17Cl2NO3S. The van der Waals surface area contributed by atoms with Crippen molar-refractivity contribution < 1.29 is 13.2 Å². The first-order valence-corrected chi connectivity index (χ1v) is 9.37. The number of alkyl halides is 1. The summed E-state index contributed by atoms with van der Waals surface area (Å²) in [6.45, 7) is 0.853. The molecule has 0 aromatic heterocycles. The molecule has 4 nitrogen and oxygen atoms in total. The van der Waals surface area contributed by atoms with Gasteiger partial charge in [0.15, 0.2) is 0 Å². The quantitative estimate of drug-likeness (QED) is 0.788. The summed E-state index contributed by atoms with van der Waals surface area (Å²) in [7, 11) is -3.54. The second-order valence-corrected chi connectivity index (χ2v) is 7.98. The van der Waals surface area contributed by atoms with Crippen LogP contribution in [-0.2, 0) is 20.6 Å². The van der Waals surface area contributed by atoms with Gasteiger partial charge in [0.25, 0.3) is 0 Å². The van der Waals surface area contributed by atoms with Gasteiger partial charge in [0.2, 0.25) is 10.0 Å². The molecule has 1 saturated carbocycles. The first-order valence-electron chi connectivity index (χ1n) is 7.02. The molecule has 1 aromatic rings. The molecule has 0 amide bonds. The van der Waals surface area contributed by atoms with Crippen molar-refractivity contribution in [1.29, 1.82) is 0 Å². The van der Waals surface area contributed by atoms with Gasteiger partial charge in [-0.2, -0.15) is 4.31 Å². The number of nitrogens with zero attached hydrogens (tertiary/aromatic N) is 1. The number of ether oxygens (including phenoxy) is 1. The molecule has 1 aromatic carbocycles. The smallest absolute Gasteiger partial charge is 0.243 e. The van der Waals surface area contributed by atoms with E-state index in [2.05, 4.69) is 0 Å². The third-order valence-electron chi connectivity index (χ3n) is 4.21.